The van der Waals surface area contributed by atoms with E-state index in [-0.39, 0.29) is 19.5 Å². The number of fused-ring (bicyclic) bond motifs is 2. The first-order valence-electron chi connectivity index (χ1n) is 8.80. The number of carbonyl (C=O) groups excluding carboxylic acids is 1. The number of anilines is 1. The second-order valence-electron chi connectivity index (χ2n) is 6.16. The summed E-state index contributed by atoms with van der Waals surface area (Å²) in [6.45, 7) is 0.403. The second-order valence-corrected chi connectivity index (χ2v) is 7.20. The zero-order chi connectivity index (χ0) is 19.6. The lowest BCUT2D eigenvalue weighted by Gasteiger charge is -2.05. The molecule has 0 unspecified atom stereocenters. The molecule has 3 heterocycles. The summed E-state index contributed by atoms with van der Waals surface area (Å²) in [5, 5.41) is 11.3. The van der Waals surface area contributed by atoms with E-state index in [1.165, 1.54) is 11.8 Å². The number of hydrogen-bond donors (Lipinski definition) is 1. The number of nitrogens with zero attached hydrogens (tertiary/aromatic N) is 2. The molecule has 9 nitrogen and oxygen atoms in total. The van der Waals surface area contributed by atoms with E-state index in [4.69, 9.17) is 23.4 Å². The lowest BCUT2D eigenvalue weighted by atomic mass is 10.2. The van der Waals surface area contributed by atoms with E-state index in [0.29, 0.717) is 52.0 Å². The predicted octanol–water partition coefficient (Wildman–Crippen LogP) is 3.31. The third-order valence-electron chi connectivity index (χ3n) is 4.24. The number of ether oxygens (including phenoxy) is 4. The van der Waals surface area contributed by atoms with Crippen LogP contribution in [-0.2, 0) is 4.79 Å². The fourth-order valence-electron chi connectivity index (χ4n) is 2.84. The molecule has 0 atom stereocenters. The van der Waals surface area contributed by atoms with Gasteiger partial charge in [0, 0.05) is 29.5 Å². The monoisotopic (exact) mass is 413 g/mol. The van der Waals surface area contributed by atoms with Crippen molar-refractivity contribution >= 4 is 23.4 Å². The summed E-state index contributed by atoms with van der Waals surface area (Å²) >= 11 is 1.32. The van der Waals surface area contributed by atoms with Gasteiger partial charge in [0.1, 0.15) is 0 Å². The Morgan fingerprint density at radius 1 is 0.931 bits per heavy atom. The van der Waals surface area contributed by atoms with Crippen LogP contribution in [0.5, 0.6) is 23.0 Å². The van der Waals surface area contributed by atoms with Gasteiger partial charge in [0.05, 0.1) is 0 Å². The lowest BCUT2D eigenvalue weighted by Crippen LogP contribution is -2.12. The topological polar surface area (TPSA) is 105 Å². The minimum atomic E-state index is -0.119. The summed E-state index contributed by atoms with van der Waals surface area (Å²) in [6.07, 6.45) is 0.293. The average Bonchev–Trinajstić information content (AvgIpc) is 3.47. The highest BCUT2D eigenvalue weighted by molar-refractivity contribution is 7.99. The summed E-state index contributed by atoms with van der Waals surface area (Å²) in [6, 6.07) is 10.7. The quantitative estimate of drug-likeness (QED) is 0.609. The maximum Gasteiger partial charge on any atom is 0.276 e. The third-order valence-corrected chi connectivity index (χ3v) is 5.06. The summed E-state index contributed by atoms with van der Waals surface area (Å²) in [5.41, 5.74) is 1.40. The Kier molecular flexibility index (Phi) is 4.60. The number of benzene rings is 2. The molecule has 0 bridgehead atoms. The van der Waals surface area contributed by atoms with Crippen LogP contribution in [0.2, 0.25) is 0 Å². The highest BCUT2D eigenvalue weighted by Gasteiger charge is 2.17. The maximum absolute atomic E-state index is 12.1. The van der Waals surface area contributed by atoms with Crippen molar-refractivity contribution in [1.82, 2.24) is 10.2 Å². The van der Waals surface area contributed by atoms with Crippen LogP contribution in [0, 0.1) is 0 Å². The molecule has 1 N–H and O–H groups in total. The number of hydrogen-bond acceptors (Lipinski definition) is 9. The van der Waals surface area contributed by atoms with Crippen LogP contribution in [0.4, 0.5) is 5.69 Å². The lowest BCUT2D eigenvalue weighted by molar-refractivity contribution is -0.115. The number of thioether (sulfide) groups is 1. The van der Waals surface area contributed by atoms with Crippen LogP contribution in [0.25, 0.3) is 11.5 Å². The third kappa shape index (κ3) is 3.79. The molecule has 0 aliphatic carbocycles. The minimum Gasteiger partial charge on any atom is -0.454 e. The van der Waals surface area contributed by atoms with Crippen molar-refractivity contribution in [1.29, 1.82) is 0 Å². The van der Waals surface area contributed by atoms with E-state index in [0.717, 1.165) is 5.56 Å². The molecule has 0 radical (unpaired) electrons. The van der Waals surface area contributed by atoms with Crippen LogP contribution in [0.15, 0.2) is 46.0 Å². The fourth-order valence-corrected chi connectivity index (χ4v) is 3.54. The zero-order valence-electron chi connectivity index (χ0n) is 15.0. The number of amides is 1. The van der Waals surface area contributed by atoms with Crippen LogP contribution in [-0.4, -0.2) is 35.4 Å². The van der Waals surface area contributed by atoms with Crippen molar-refractivity contribution in [3.8, 4) is 34.5 Å². The van der Waals surface area contributed by atoms with Crippen molar-refractivity contribution < 1.29 is 28.2 Å². The maximum atomic E-state index is 12.1. The summed E-state index contributed by atoms with van der Waals surface area (Å²) in [5.74, 6) is 3.40. The van der Waals surface area contributed by atoms with E-state index in [9.17, 15) is 4.79 Å². The Balaban J connectivity index is 1.14. The van der Waals surface area contributed by atoms with E-state index in [2.05, 4.69) is 15.5 Å². The van der Waals surface area contributed by atoms with E-state index >= 15 is 0 Å². The van der Waals surface area contributed by atoms with Gasteiger partial charge in [-0.05, 0) is 30.3 Å². The van der Waals surface area contributed by atoms with Gasteiger partial charge in [-0.2, -0.15) is 0 Å². The Bertz CT molecular complexity index is 1070. The van der Waals surface area contributed by atoms with Gasteiger partial charge in [-0.3, -0.25) is 4.79 Å². The molecule has 2 aliphatic heterocycles. The van der Waals surface area contributed by atoms with Gasteiger partial charge >= 0.3 is 0 Å². The molecule has 148 valence electrons. The standard InChI is InChI=1S/C19H15N3O6S/c23-17(20-12-2-4-14-16(8-12)27-10-25-14)5-6-29-19-22-21-18(28-19)11-1-3-13-15(7-11)26-9-24-13/h1-4,7-8H,5-6,9-10H2,(H,20,23). The first-order valence-corrected chi connectivity index (χ1v) is 9.79. The Labute approximate surface area is 169 Å². The van der Waals surface area contributed by atoms with Crippen LogP contribution in [0.1, 0.15) is 6.42 Å². The van der Waals surface area contributed by atoms with E-state index in [1.54, 1.807) is 30.3 Å². The molecule has 1 aromatic heterocycles. The predicted molar refractivity (Wildman–Crippen MR) is 102 cm³/mol. The molecule has 1 amide bonds. The highest BCUT2D eigenvalue weighted by atomic mass is 32.2. The van der Waals surface area contributed by atoms with Crippen LogP contribution >= 0.6 is 11.8 Å². The van der Waals surface area contributed by atoms with Gasteiger partial charge in [-0.15, -0.1) is 10.2 Å². The minimum absolute atomic E-state index is 0.119. The van der Waals surface area contributed by atoms with Crippen LogP contribution in [0.3, 0.4) is 0 Å². The van der Waals surface area contributed by atoms with E-state index in [1.807, 2.05) is 6.07 Å². The Morgan fingerprint density at radius 2 is 1.66 bits per heavy atom. The SMILES string of the molecule is O=C(CCSc1nnc(-c2ccc3c(c2)OCO3)o1)Nc1ccc2c(c1)OCO2. The summed E-state index contributed by atoms with van der Waals surface area (Å²) in [4.78, 5) is 12.1. The first kappa shape index (κ1) is 17.7. The van der Waals surface area contributed by atoms with Gasteiger partial charge in [0.2, 0.25) is 25.4 Å². The van der Waals surface area contributed by atoms with Crippen LogP contribution < -0.4 is 24.3 Å². The molecule has 5 rings (SSSR count). The molecule has 10 heteroatoms. The molecule has 3 aromatic rings. The molecule has 2 aliphatic rings. The largest absolute Gasteiger partial charge is 0.454 e. The molecule has 0 saturated heterocycles. The van der Waals surface area contributed by atoms with E-state index < -0.39 is 0 Å². The van der Waals surface area contributed by atoms with Crippen molar-refractivity contribution in [3.63, 3.8) is 0 Å². The smallest absolute Gasteiger partial charge is 0.276 e. The van der Waals surface area contributed by atoms with Gasteiger partial charge in [-0.25, -0.2) is 0 Å². The molecule has 29 heavy (non-hydrogen) atoms. The number of rotatable bonds is 6. The number of aromatic nitrogens is 2. The molecule has 2 aromatic carbocycles. The molecular weight excluding hydrogens is 398 g/mol. The molecule has 0 spiro atoms. The number of carbonyl (C=O) groups is 1. The normalized spacial score (nSPS) is 13.5. The van der Waals surface area contributed by atoms with Crippen molar-refractivity contribution in [3.05, 3.63) is 36.4 Å². The Morgan fingerprint density at radius 3 is 2.48 bits per heavy atom. The summed E-state index contributed by atoms with van der Waals surface area (Å²) < 4.78 is 26.9. The van der Waals surface area contributed by atoms with Gasteiger partial charge < -0.3 is 28.7 Å². The number of nitrogens with one attached hydrogen (secondary N) is 1. The van der Waals surface area contributed by atoms with Crippen molar-refractivity contribution in [2.75, 3.05) is 24.7 Å². The van der Waals surface area contributed by atoms with Gasteiger partial charge in [0.25, 0.3) is 5.22 Å². The average molecular weight is 413 g/mol. The van der Waals surface area contributed by atoms with Crippen molar-refractivity contribution in [2.45, 2.75) is 11.6 Å². The first-order chi connectivity index (χ1) is 14.2. The zero-order valence-corrected chi connectivity index (χ0v) is 15.9. The molecule has 0 saturated carbocycles. The van der Waals surface area contributed by atoms with Crippen molar-refractivity contribution in [2.24, 2.45) is 0 Å². The highest BCUT2D eigenvalue weighted by Crippen LogP contribution is 2.36. The molecular formula is C19H15N3O6S. The fraction of sp³-hybridized carbons (Fsp3) is 0.211. The second kappa shape index (κ2) is 7.55. The Hall–Kier alpha value is -3.40. The van der Waals surface area contributed by atoms with Gasteiger partial charge in [0.15, 0.2) is 23.0 Å². The summed E-state index contributed by atoms with van der Waals surface area (Å²) in [7, 11) is 0. The van der Waals surface area contributed by atoms with Gasteiger partial charge in [-0.1, -0.05) is 11.8 Å². The molecule has 0 fully saturated rings.